The van der Waals surface area contributed by atoms with Crippen molar-refractivity contribution >= 4 is 28.5 Å². The summed E-state index contributed by atoms with van der Waals surface area (Å²) in [5, 5.41) is 0.649. The molecule has 3 aromatic rings. The summed E-state index contributed by atoms with van der Waals surface area (Å²) in [5.74, 6) is 2.06. The molecular formula is C20H20ClN3O2. The van der Waals surface area contributed by atoms with E-state index in [-0.39, 0.29) is 12.5 Å². The topological polar surface area (TPSA) is 58.2 Å². The van der Waals surface area contributed by atoms with Crippen LogP contribution in [0.4, 0.5) is 0 Å². The van der Waals surface area contributed by atoms with Gasteiger partial charge in [0.2, 0.25) is 0 Å². The second-order valence-electron chi connectivity index (χ2n) is 6.54. The van der Waals surface area contributed by atoms with Crippen LogP contribution >= 0.6 is 11.6 Å². The first-order valence-corrected chi connectivity index (χ1v) is 9.17. The highest BCUT2D eigenvalue weighted by Crippen LogP contribution is 2.27. The Bertz CT molecular complexity index is 866. The molecule has 1 aliphatic heterocycles. The predicted molar refractivity (Wildman–Crippen MR) is 102 cm³/mol. The average molecular weight is 370 g/mol. The van der Waals surface area contributed by atoms with Gasteiger partial charge < -0.3 is 14.6 Å². The summed E-state index contributed by atoms with van der Waals surface area (Å²) < 4.78 is 5.56. The van der Waals surface area contributed by atoms with Crippen molar-refractivity contribution in [3.63, 3.8) is 0 Å². The van der Waals surface area contributed by atoms with Crippen molar-refractivity contribution in [3.8, 4) is 5.75 Å². The van der Waals surface area contributed by atoms with Gasteiger partial charge in [-0.1, -0.05) is 23.7 Å². The number of hydrogen-bond acceptors (Lipinski definition) is 3. The number of nitrogens with one attached hydrogen (secondary N) is 1. The van der Waals surface area contributed by atoms with Gasteiger partial charge in [-0.25, -0.2) is 4.98 Å². The molecule has 2 heterocycles. The highest BCUT2D eigenvalue weighted by Gasteiger charge is 2.25. The molecule has 0 saturated carbocycles. The zero-order chi connectivity index (χ0) is 17.9. The van der Waals surface area contributed by atoms with E-state index in [9.17, 15) is 4.79 Å². The van der Waals surface area contributed by atoms with E-state index < -0.39 is 0 Å². The third-order valence-corrected chi connectivity index (χ3v) is 5.07. The molecule has 0 spiro atoms. The molecule has 0 aliphatic carbocycles. The van der Waals surface area contributed by atoms with Gasteiger partial charge in [-0.05, 0) is 49.2 Å². The number of para-hydroxylation sites is 2. The van der Waals surface area contributed by atoms with Crippen LogP contribution in [0.1, 0.15) is 24.6 Å². The van der Waals surface area contributed by atoms with E-state index in [4.69, 9.17) is 21.3 Å². The third-order valence-electron chi connectivity index (χ3n) is 4.82. The van der Waals surface area contributed by atoms with Crippen molar-refractivity contribution in [1.29, 1.82) is 0 Å². The Labute approximate surface area is 156 Å². The predicted octanol–water partition coefficient (Wildman–Crippen LogP) is 4.00. The lowest BCUT2D eigenvalue weighted by Gasteiger charge is -2.31. The number of rotatable bonds is 4. The fraction of sp³-hybridized carbons (Fsp3) is 0.300. The molecule has 134 valence electrons. The Balaban J connectivity index is 1.31. The number of ether oxygens (including phenoxy) is 1. The molecule has 1 fully saturated rings. The monoisotopic (exact) mass is 369 g/mol. The zero-order valence-electron chi connectivity index (χ0n) is 14.3. The molecule has 26 heavy (non-hydrogen) atoms. The van der Waals surface area contributed by atoms with E-state index >= 15 is 0 Å². The summed E-state index contributed by atoms with van der Waals surface area (Å²) >= 11 is 5.85. The highest BCUT2D eigenvalue weighted by molar-refractivity contribution is 6.30. The van der Waals surface area contributed by atoms with E-state index in [2.05, 4.69) is 4.98 Å². The Hall–Kier alpha value is -2.53. The Morgan fingerprint density at radius 1 is 1.15 bits per heavy atom. The summed E-state index contributed by atoms with van der Waals surface area (Å²) in [7, 11) is 0. The van der Waals surface area contributed by atoms with Crippen molar-refractivity contribution in [2.75, 3.05) is 19.7 Å². The van der Waals surface area contributed by atoms with Crippen LogP contribution in [-0.2, 0) is 4.79 Å². The standard InChI is InChI=1S/C20H20ClN3O2/c21-15-5-7-16(8-6-15)26-13-19(25)24-11-9-14(10-12-24)20-22-17-3-1-2-4-18(17)23-20/h1-8,14H,9-13H2,(H,22,23). The second kappa shape index (κ2) is 7.38. The van der Waals surface area contributed by atoms with Gasteiger partial charge in [0.05, 0.1) is 11.0 Å². The van der Waals surface area contributed by atoms with E-state index in [1.165, 1.54) is 0 Å². The molecule has 2 aromatic carbocycles. The SMILES string of the molecule is O=C(COc1ccc(Cl)cc1)N1CCC(c2nc3ccccc3[nH]2)CC1. The van der Waals surface area contributed by atoms with Crippen molar-refractivity contribution in [3.05, 3.63) is 59.4 Å². The molecule has 1 saturated heterocycles. The van der Waals surface area contributed by atoms with Crippen LogP contribution in [-0.4, -0.2) is 40.5 Å². The molecule has 4 rings (SSSR count). The second-order valence-corrected chi connectivity index (χ2v) is 6.97. The maximum absolute atomic E-state index is 12.4. The van der Waals surface area contributed by atoms with Crippen LogP contribution < -0.4 is 4.74 Å². The lowest BCUT2D eigenvalue weighted by Crippen LogP contribution is -2.40. The van der Waals surface area contributed by atoms with Gasteiger partial charge >= 0.3 is 0 Å². The third kappa shape index (κ3) is 3.68. The molecule has 1 aromatic heterocycles. The lowest BCUT2D eigenvalue weighted by molar-refractivity contribution is -0.134. The van der Waals surface area contributed by atoms with Crippen LogP contribution in [0.25, 0.3) is 11.0 Å². The van der Waals surface area contributed by atoms with Gasteiger partial charge in [0.15, 0.2) is 6.61 Å². The molecule has 0 bridgehead atoms. The van der Waals surface area contributed by atoms with Gasteiger partial charge in [0.25, 0.3) is 5.91 Å². The minimum Gasteiger partial charge on any atom is -0.484 e. The highest BCUT2D eigenvalue weighted by atomic mass is 35.5. The van der Waals surface area contributed by atoms with Crippen LogP contribution in [0, 0.1) is 0 Å². The molecule has 5 nitrogen and oxygen atoms in total. The lowest BCUT2D eigenvalue weighted by atomic mass is 9.96. The number of carbonyl (C=O) groups excluding carboxylic acids is 1. The number of carbonyl (C=O) groups is 1. The number of likely N-dealkylation sites (tertiary alicyclic amines) is 1. The van der Waals surface area contributed by atoms with Crippen molar-refractivity contribution < 1.29 is 9.53 Å². The first-order valence-electron chi connectivity index (χ1n) is 8.80. The smallest absolute Gasteiger partial charge is 0.260 e. The largest absolute Gasteiger partial charge is 0.484 e. The maximum Gasteiger partial charge on any atom is 0.260 e. The number of H-pyrrole nitrogens is 1. The first kappa shape index (κ1) is 16.9. The van der Waals surface area contributed by atoms with Gasteiger partial charge in [-0.15, -0.1) is 0 Å². The van der Waals surface area contributed by atoms with E-state index in [0.717, 1.165) is 42.8 Å². The molecule has 1 N–H and O–H groups in total. The van der Waals surface area contributed by atoms with Gasteiger partial charge in [-0.2, -0.15) is 0 Å². The van der Waals surface area contributed by atoms with E-state index in [1.807, 2.05) is 29.2 Å². The number of imidazole rings is 1. The normalized spacial score (nSPS) is 15.3. The van der Waals surface area contributed by atoms with Gasteiger partial charge in [0.1, 0.15) is 11.6 Å². The minimum absolute atomic E-state index is 0.0167. The fourth-order valence-electron chi connectivity index (χ4n) is 3.34. The summed E-state index contributed by atoms with van der Waals surface area (Å²) in [6.07, 6.45) is 1.82. The van der Waals surface area contributed by atoms with Gasteiger partial charge in [-0.3, -0.25) is 4.79 Å². The van der Waals surface area contributed by atoms with Crippen molar-refractivity contribution in [1.82, 2.24) is 14.9 Å². The minimum atomic E-state index is 0.0167. The van der Waals surface area contributed by atoms with E-state index in [1.54, 1.807) is 24.3 Å². The Morgan fingerprint density at radius 2 is 1.88 bits per heavy atom. The number of halogens is 1. The van der Waals surface area contributed by atoms with Crippen LogP contribution in [0.5, 0.6) is 5.75 Å². The number of amides is 1. The maximum atomic E-state index is 12.4. The molecule has 6 heteroatoms. The number of piperidine rings is 1. The Morgan fingerprint density at radius 3 is 2.62 bits per heavy atom. The zero-order valence-corrected chi connectivity index (χ0v) is 15.1. The number of aromatic amines is 1. The molecule has 1 aliphatic rings. The summed E-state index contributed by atoms with van der Waals surface area (Å²) in [4.78, 5) is 22.3. The van der Waals surface area contributed by atoms with Crippen LogP contribution in [0.3, 0.4) is 0 Å². The molecule has 0 unspecified atom stereocenters. The quantitative estimate of drug-likeness (QED) is 0.756. The molecule has 1 amide bonds. The number of aromatic nitrogens is 2. The number of hydrogen-bond donors (Lipinski definition) is 1. The number of nitrogens with zero attached hydrogens (tertiary/aromatic N) is 2. The van der Waals surface area contributed by atoms with Crippen LogP contribution in [0.2, 0.25) is 5.02 Å². The van der Waals surface area contributed by atoms with Crippen LogP contribution in [0.15, 0.2) is 48.5 Å². The van der Waals surface area contributed by atoms with Crippen molar-refractivity contribution in [2.45, 2.75) is 18.8 Å². The van der Waals surface area contributed by atoms with Crippen molar-refractivity contribution in [2.24, 2.45) is 0 Å². The molecule has 0 atom stereocenters. The first-order chi connectivity index (χ1) is 12.7. The summed E-state index contributed by atoms with van der Waals surface area (Å²) in [6.45, 7) is 1.51. The number of benzene rings is 2. The fourth-order valence-corrected chi connectivity index (χ4v) is 3.46. The molecule has 0 radical (unpaired) electrons. The number of fused-ring (bicyclic) bond motifs is 1. The van der Waals surface area contributed by atoms with Gasteiger partial charge in [0, 0.05) is 24.0 Å². The summed E-state index contributed by atoms with van der Waals surface area (Å²) in [5.41, 5.74) is 2.06. The average Bonchev–Trinajstić information content (AvgIpc) is 3.12. The van der Waals surface area contributed by atoms with E-state index in [0.29, 0.717) is 16.7 Å². The Kier molecular flexibility index (Phi) is 4.80. The summed E-state index contributed by atoms with van der Waals surface area (Å²) in [6, 6.07) is 15.1. The molecular weight excluding hydrogens is 350 g/mol.